The Morgan fingerprint density at radius 3 is 2.58 bits per heavy atom. The molecule has 2 heterocycles. The lowest BCUT2D eigenvalue weighted by atomic mass is 9.83. The van der Waals surface area contributed by atoms with Crippen LogP contribution in [0.2, 0.25) is 5.02 Å². The third kappa shape index (κ3) is 7.54. The second kappa shape index (κ2) is 12.2. The van der Waals surface area contributed by atoms with E-state index in [0.717, 1.165) is 25.7 Å². The number of carbonyl (C=O) groups is 1. The average molecular weight is 537 g/mol. The lowest BCUT2D eigenvalue weighted by Crippen LogP contribution is -2.31. The number of nitrogens with zero attached hydrogens (tertiary/aromatic N) is 3. The zero-order chi connectivity index (χ0) is 26.5. The van der Waals surface area contributed by atoms with Crippen molar-refractivity contribution in [2.75, 3.05) is 6.54 Å². The molecule has 0 bridgehead atoms. The number of aryl methyl sites for hydroxylation is 2. The molecule has 0 saturated heterocycles. The van der Waals surface area contributed by atoms with Crippen molar-refractivity contribution < 1.29 is 31.5 Å². The van der Waals surface area contributed by atoms with Crippen LogP contribution >= 0.6 is 11.6 Å². The number of halogens is 6. The summed E-state index contributed by atoms with van der Waals surface area (Å²) in [6.45, 7) is 1.52. The van der Waals surface area contributed by atoms with Gasteiger partial charge in [-0.05, 0) is 44.4 Å². The molecule has 1 saturated carbocycles. The Bertz CT molecular complexity index is 1040. The van der Waals surface area contributed by atoms with Crippen molar-refractivity contribution in [2.45, 2.75) is 78.1 Å². The van der Waals surface area contributed by atoms with Gasteiger partial charge in [0.05, 0.1) is 16.3 Å². The monoisotopic (exact) mass is 536 g/mol. The number of hydrogen-bond acceptors (Lipinski definition) is 4. The molecule has 0 unspecified atom stereocenters. The van der Waals surface area contributed by atoms with E-state index < -0.39 is 25.1 Å². The van der Waals surface area contributed by atoms with E-state index in [9.17, 15) is 26.7 Å². The molecule has 1 aliphatic carbocycles. The number of amides is 1. The van der Waals surface area contributed by atoms with Crippen molar-refractivity contribution in [3.8, 4) is 17.0 Å². The first kappa shape index (κ1) is 28.1. The third-order valence-corrected chi connectivity index (χ3v) is 6.74. The zero-order valence-corrected chi connectivity index (χ0v) is 20.9. The minimum Gasteiger partial charge on any atom is -0.434 e. The van der Waals surface area contributed by atoms with Crippen molar-refractivity contribution in [2.24, 2.45) is 11.8 Å². The highest BCUT2D eigenvalue weighted by atomic mass is 35.5. The van der Waals surface area contributed by atoms with Crippen LogP contribution < -0.4 is 10.1 Å². The number of aromatic nitrogens is 3. The standard InChI is InChI=1S/C24H30ClF5N4O2/c1-3-34-21(19(25)20(33-34)22(35)32-12-15-8-6-14(2)7-9-15)17-13-31-16(5-4-10-24(28,29)30)11-18(17)36-23(26)27/h11,13-15,23H,3-10,12H2,1-2H3,(H,32,35). The lowest BCUT2D eigenvalue weighted by molar-refractivity contribution is -0.135. The molecule has 0 atom stereocenters. The van der Waals surface area contributed by atoms with Crippen LogP contribution in [0.15, 0.2) is 12.3 Å². The molecular formula is C24H30ClF5N4O2. The highest BCUT2D eigenvalue weighted by Gasteiger charge is 2.28. The van der Waals surface area contributed by atoms with E-state index >= 15 is 0 Å². The summed E-state index contributed by atoms with van der Waals surface area (Å²) in [5.74, 6) is 0.280. The van der Waals surface area contributed by atoms with Crippen LogP contribution in [0.5, 0.6) is 5.75 Å². The fourth-order valence-corrected chi connectivity index (χ4v) is 4.70. The molecule has 6 nitrogen and oxygen atoms in total. The van der Waals surface area contributed by atoms with Crippen molar-refractivity contribution in [1.82, 2.24) is 20.1 Å². The number of rotatable bonds is 10. The van der Waals surface area contributed by atoms with Gasteiger partial charge < -0.3 is 10.1 Å². The van der Waals surface area contributed by atoms with E-state index in [1.54, 1.807) is 6.92 Å². The second-order valence-corrected chi connectivity index (χ2v) is 9.56. The smallest absolute Gasteiger partial charge is 0.389 e. The SMILES string of the molecule is CCn1nc(C(=O)NCC2CCC(C)CC2)c(Cl)c1-c1cnc(CCCC(F)(F)F)cc1OC(F)F. The fourth-order valence-electron chi connectivity index (χ4n) is 4.38. The molecule has 2 aromatic rings. The van der Waals surface area contributed by atoms with Crippen LogP contribution in [0.25, 0.3) is 11.3 Å². The molecule has 0 aromatic carbocycles. The summed E-state index contributed by atoms with van der Waals surface area (Å²) in [5, 5.41) is 7.11. The van der Waals surface area contributed by atoms with Crippen LogP contribution in [-0.2, 0) is 13.0 Å². The normalized spacial score (nSPS) is 18.5. The van der Waals surface area contributed by atoms with E-state index in [0.29, 0.717) is 18.4 Å². The average Bonchev–Trinajstić information content (AvgIpc) is 3.13. The summed E-state index contributed by atoms with van der Waals surface area (Å²) in [6.07, 6.45) is -0.178. The Morgan fingerprint density at radius 2 is 1.97 bits per heavy atom. The maximum Gasteiger partial charge on any atom is 0.389 e. The summed E-state index contributed by atoms with van der Waals surface area (Å²) >= 11 is 6.52. The maximum absolute atomic E-state index is 13.2. The van der Waals surface area contributed by atoms with Crippen molar-refractivity contribution >= 4 is 17.5 Å². The van der Waals surface area contributed by atoms with Gasteiger partial charge in [0.15, 0.2) is 5.69 Å². The van der Waals surface area contributed by atoms with Crippen LogP contribution in [-0.4, -0.2) is 40.0 Å². The fraction of sp³-hybridized carbons (Fsp3) is 0.625. The number of pyridine rings is 1. The first-order chi connectivity index (χ1) is 17.0. The summed E-state index contributed by atoms with van der Waals surface area (Å²) < 4.78 is 69.8. The van der Waals surface area contributed by atoms with Crippen LogP contribution in [0.4, 0.5) is 22.0 Å². The molecule has 1 N–H and O–H groups in total. The predicted octanol–water partition coefficient (Wildman–Crippen LogP) is 6.66. The number of alkyl halides is 5. The second-order valence-electron chi connectivity index (χ2n) is 9.18. The van der Waals surface area contributed by atoms with Crippen molar-refractivity contribution in [1.29, 1.82) is 0 Å². The minimum atomic E-state index is -4.32. The molecule has 1 amide bonds. The van der Waals surface area contributed by atoms with Gasteiger partial charge in [-0.3, -0.25) is 14.5 Å². The molecule has 3 rings (SSSR count). The number of carbonyl (C=O) groups excluding carboxylic acids is 1. The molecular weight excluding hydrogens is 507 g/mol. The highest BCUT2D eigenvalue weighted by molar-refractivity contribution is 6.36. The van der Waals surface area contributed by atoms with E-state index in [4.69, 9.17) is 11.6 Å². The first-order valence-corrected chi connectivity index (χ1v) is 12.4. The quantitative estimate of drug-likeness (QED) is 0.345. The largest absolute Gasteiger partial charge is 0.434 e. The van der Waals surface area contributed by atoms with Crippen molar-refractivity contribution in [3.05, 3.63) is 28.7 Å². The summed E-state index contributed by atoms with van der Waals surface area (Å²) in [5.41, 5.74) is 0.349. The molecule has 1 fully saturated rings. The van der Waals surface area contributed by atoms with Gasteiger partial charge in [-0.25, -0.2) is 0 Å². The van der Waals surface area contributed by atoms with Crippen LogP contribution in [0, 0.1) is 11.8 Å². The van der Waals surface area contributed by atoms with E-state index in [-0.39, 0.29) is 52.8 Å². The minimum absolute atomic E-state index is 0.0441. The van der Waals surface area contributed by atoms with Crippen LogP contribution in [0.3, 0.4) is 0 Å². The van der Waals surface area contributed by atoms with Crippen molar-refractivity contribution in [3.63, 3.8) is 0 Å². The number of hydrogen-bond donors (Lipinski definition) is 1. The van der Waals surface area contributed by atoms with E-state index in [1.165, 1.54) is 16.9 Å². The summed E-state index contributed by atoms with van der Waals surface area (Å²) in [4.78, 5) is 17.0. The molecule has 0 spiro atoms. The van der Waals surface area contributed by atoms with Gasteiger partial charge >= 0.3 is 12.8 Å². The molecule has 0 aliphatic heterocycles. The molecule has 36 heavy (non-hydrogen) atoms. The Hall–Kier alpha value is -2.43. The number of ether oxygens (including phenoxy) is 1. The van der Waals surface area contributed by atoms with Gasteiger partial charge in [-0.2, -0.15) is 27.1 Å². The molecule has 2 aromatic heterocycles. The van der Waals surface area contributed by atoms with Gasteiger partial charge in [0.25, 0.3) is 5.91 Å². The molecule has 1 aliphatic rings. The number of nitrogens with one attached hydrogen (secondary N) is 1. The van der Waals surface area contributed by atoms with Crippen LogP contribution in [0.1, 0.15) is 68.6 Å². The third-order valence-electron chi connectivity index (χ3n) is 6.38. The zero-order valence-electron chi connectivity index (χ0n) is 20.2. The van der Waals surface area contributed by atoms with Gasteiger partial charge in [-0.15, -0.1) is 0 Å². The molecule has 12 heteroatoms. The van der Waals surface area contributed by atoms with Gasteiger partial charge in [0.2, 0.25) is 0 Å². The highest BCUT2D eigenvalue weighted by Crippen LogP contribution is 2.38. The van der Waals surface area contributed by atoms with Gasteiger partial charge in [0.1, 0.15) is 5.75 Å². The summed E-state index contributed by atoms with van der Waals surface area (Å²) in [6, 6.07) is 1.17. The Kier molecular flexibility index (Phi) is 9.54. The lowest BCUT2D eigenvalue weighted by Gasteiger charge is -2.26. The van der Waals surface area contributed by atoms with Gasteiger partial charge in [0, 0.05) is 37.5 Å². The Balaban J connectivity index is 1.84. The van der Waals surface area contributed by atoms with Gasteiger partial charge in [-0.1, -0.05) is 31.4 Å². The molecule has 200 valence electrons. The van der Waals surface area contributed by atoms with E-state index in [1.807, 2.05) is 0 Å². The maximum atomic E-state index is 13.2. The summed E-state index contributed by atoms with van der Waals surface area (Å²) in [7, 11) is 0. The predicted molar refractivity (Wildman–Crippen MR) is 125 cm³/mol. The topological polar surface area (TPSA) is 69.0 Å². The molecule has 0 radical (unpaired) electrons. The Morgan fingerprint density at radius 1 is 1.28 bits per heavy atom. The first-order valence-electron chi connectivity index (χ1n) is 12.0. The van der Waals surface area contributed by atoms with E-state index in [2.05, 4.69) is 27.1 Å². The Labute approximate surface area is 211 Å².